The molecule has 0 heterocycles. The molecule has 0 amide bonds. The van der Waals surface area contributed by atoms with Crippen LogP contribution in [-0.4, -0.2) is 31.8 Å². The molecule has 88 valence electrons. The summed E-state index contributed by atoms with van der Waals surface area (Å²) < 4.78 is 11.1. The Hall–Kier alpha value is -0.610. The molecule has 0 bridgehead atoms. The van der Waals surface area contributed by atoms with E-state index in [-0.39, 0.29) is 5.84 Å². The number of nitrogens with two attached hydrogens (primary N) is 1. The lowest BCUT2D eigenvalue weighted by molar-refractivity contribution is -0.0296. The summed E-state index contributed by atoms with van der Waals surface area (Å²) in [5.41, 5.74) is 5.26. The Bertz CT molecular complexity index is 197. The molecule has 0 aromatic carbocycles. The first-order valence-corrected chi connectivity index (χ1v) is 5.69. The van der Waals surface area contributed by atoms with Gasteiger partial charge in [-0.05, 0) is 32.1 Å². The van der Waals surface area contributed by atoms with E-state index in [0.29, 0.717) is 25.2 Å². The van der Waals surface area contributed by atoms with Crippen LogP contribution in [-0.2, 0) is 9.47 Å². The van der Waals surface area contributed by atoms with Gasteiger partial charge in [-0.2, -0.15) is 0 Å². The van der Waals surface area contributed by atoms with Gasteiger partial charge in [0.2, 0.25) is 0 Å². The lowest BCUT2D eigenvalue weighted by Gasteiger charge is -2.28. The molecule has 0 aliphatic heterocycles. The highest BCUT2D eigenvalue weighted by Crippen LogP contribution is 2.23. The van der Waals surface area contributed by atoms with Gasteiger partial charge in [0.25, 0.3) is 0 Å². The van der Waals surface area contributed by atoms with Crippen molar-refractivity contribution < 1.29 is 9.47 Å². The molecular weight excluding hydrogens is 192 g/mol. The third-order valence-corrected chi connectivity index (χ3v) is 2.86. The summed E-state index contributed by atoms with van der Waals surface area (Å²) in [6.45, 7) is 0.709. The fraction of sp³-hybridized carbons (Fsp3) is 0.909. The third-order valence-electron chi connectivity index (χ3n) is 2.86. The van der Waals surface area contributed by atoms with Crippen LogP contribution >= 0.6 is 0 Å². The molecular formula is C11H22N2O2. The first-order valence-electron chi connectivity index (χ1n) is 5.69. The van der Waals surface area contributed by atoms with Crippen LogP contribution < -0.4 is 5.73 Å². The van der Waals surface area contributed by atoms with Crippen molar-refractivity contribution in [2.75, 3.05) is 13.7 Å². The summed E-state index contributed by atoms with van der Waals surface area (Å²) in [5, 5.41) is 7.08. The molecule has 1 rings (SSSR count). The maximum atomic E-state index is 7.08. The molecule has 4 heteroatoms. The van der Waals surface area contributed by atoms with E-state index in [9.17, 15) is 0 Å². The minimum atomic E-state index is 0.247. The molecule has 1 aliphatic carbocycles. The van der Waals surface area contributed by atoms with E-state index in [2.05, 4.69) is 0 Å². The maximum Gasteiger partial charge on any atom is 0.0906 e. The largest absolute Gasteiger partial charge is 0.388 e. The number of nitrogens with one attached hydrogen (secondary N) is 1. The number of rotatable bonds is 6. The van der Waals surface area contributed by atoms with Gasteiger partial charge >= 0.3 is 0 Å². The topological polar surface area (TPSA) is 68.3 Å². The average Bonchev–Trinajstić information content (AvgIpc) is 2.24. The first-order chi connectivity index (χ1) is 7.22. The Kier molecular flexibility index (Phi) is 5.65. The predicted molar refractivity (Wildman–Crippen MR) is 60.2 cm³/mol. The molecule has 0 aromatic rings. The van der Waals surface area contributed by atoms with Crippen LogP contribution in [0.4, 0.5) is 0 Å². The normalized spacial score (nSPS) is 26.5. The standard InChI is InChI=1S/C11H22N2O2/c1-14-9-4-2-5-10(8-9)15-7-3-6-11(12)13/h9-10H,2-8H2,1H3,(H3,12,13). The fourth-order valence-corrected chi connectivity index (χ4v) is 1.98. The zero-order valence-electron chi connectivity index (χ0n) is 9.50. The molecule has 0 spiro atoms. The highest BCUT2D eigenvalue weighted by atomic mass is 16.5. The lowest BCUT2D eigenvalue weighted by atomic mass is 9.95. The van der Waals surface area contributed by atoms with Crippen molar-refractivity contribution >= 4 is 5.84 Å². The Balaban J connectivity index is 2.07. The summed E-state index contributed by atoms with van der Waals surface area (Å²) in [6.07, 6.45) is 6.70. The molecule has 2 unspecified atom stereocenters. The number of ether oxygens (including phenoxy) is 2. The Morgan fingerprint density at radius 3 is 2.80 bits per heavy atom. The van der Waals surface area contributed by atoms with Gasteiger partial charge in [0.1, 0.15) is 0 Å². The average molecular weight is 214 g/mol. The Labute approximate surface area is 91.6 Å². The first kappa shape index (κ1) is 12.5. The maximum absolute atomic E-state index is 7.08. The number of amidine groups is 1. The van der Waals surface area contributed by atoms with E-state index in [1.807, 2.05) is 0 Å². The van der Waals surface area contributed by atoms with E-state index < -0.39 is 0 Å². The van der Waals surface area contributed by atoms with E-state index >= 15 is 0 Å². The smallest absolute Gasteiger partial charge is 0.0906 e. The molecule has 1 saturated carbocycles. The predicted octanol–water partition coefficient (Wildman–Crippen LogP) is 1.68. The second-order valence-corrected chi connectivity index (χ2v) is 4.15. The highest BCUT2D eigenvalue weighted by molar-refractivity contribution is 5.76. The van der Waals surface area contributed by atoms with Gasteiger partial charge in [-0.1, -0.05) is 0 Å². The third kappa shape index (κ3) is 5.14. The second kappa shape index (κ2) is 6.80. The van der Waals surface area contributed by atoms with Crippen LogP contribution in [0, 0.1) is 5.41 Å². The lowest BCUT2D eigenvalue weighted by Crippen LogP contribution is -2.27. The molecule has 0 radical (unpaired) electrons. The Morgan fingerprint density at radius 2 is 2.13 bits per heavy atom. The minimum absolute atomic E-state index is 0.247. The monoisotopic (exact) mass is 214 g/mol. The second-order valence-electron chi connectivity index (χ2n) is 4.15. The van der Waals surface area contributed by atoms with Crippen molar-refractivity contribution in [3.05, 3.63) is 0 Å². The van der Waals surface area contributed by atoms with E-state index in [1.165, 1.54) is 6.42 Å². The summed E-state index contributed by atoms with van der Waals surface area (Å²) in [6, 6.07) is 0. The molecule has 1 fully saturated rings. The zero-order valence-corrected chi connectivity index (χ0v) is 9.50. The van der Waals surface area contributed by atoms with Gasteiger partial charge in [-0.25, -0.2) is 0 Å². The van der Waals surface area contributed by atoms with Crippen molar-refractivity contribution in [2.45, 2.75) is 50.7 Å². The summed E-state index contributed by atoms with van der Waals surface area (Å²) in [7, 11) is 1.77. The van der Waals surface area contributed by atoms with E-state index in [1.54, 1.807) is 7.11 Å². The van der Waals surface area contributed by atoms with Crippen molar-refractivity contribution in [1.82, 2.24) is 0 Å². The molecule has 4 nitrogen and oxygen atoms in total. The minimum Gasteiger partial charge on any atom is -0.388 e. The number of hydrogen-bond donors (Lipinski definition) is 2. The van der Waals surface area contributed by atoms with Crippen molar-refractivity contribution in [1.29, 1.82) is 5.41 Å². The van der Waals surface area contributed by atoms with Gasteiger partial charge in [0, 0.05) is 20.1 Å². The molecule has 15 heavy (non-hydrogen) atoms. The van der Waals surface area contributed by atoms with Gasteiger partial charge < -0.3 is 15.2 Å². The zero-order chi connectivity index (χ0) is 11.1. The Morgan fingerprint density at radius 1 is 1.40 bits per heavy atom. The fourth-order valence-electron chi connectivity index (χ4n) is 1.98. The molecule has 0 aromatic heterocycles. The van der Waals surface area contributed by atoms with Crippen LogP contribution in [0.5, 0.6) is 0 Å². The molecule has 2 atom stereocenters. The van der Waals surface area contributed by atoms with Crippen LogP contribution in [0.1, 0.15) is 38.5 Å². The quantitative estimate of drug-likeness (QED) is 0.401. The van der Waals surface area contributed by atoms with Crippen molar-refractivity contribution in [2.24, 2.45) is 5.73 Å². The number of hydrogen-bond acceptors (Lipinski definition) is 3. The van der Waals surface area contributed by atoms with E-state index in [4.69, 9.17) is 20.6 Å². The summed E-state index contributed by atoms with van der Waals surface area (Å²) >= 11 is 0. The molecule has 3 N–H and O–H groups in total. The molecule has 1 aliphatic rings. The van der Waals surface area contributed by atoms with Crippen LogP contribution in [0.2, 0.25) is 0 Å². The van der Waals surface area contributed by atoms with Gasteiger partial charge in [0.05, 0.1) is 18.0 Å². The van der Waals surface area contributed by atoms with Crippen LogP contribution in [0.15, 0.2) is 0 Å². The van der Waals surface area contributed by atoms with Crippen molar-refractivity contribution in [3.8, 4) is 0 Å². The highest BCUT2D eigenvalue weighted by Gasteiger charge is 2.21. The summed E-state index contributed by atoms with van der Waals surface area (Å²) in [5.74, 6) is 0.247. The van der Waals surface area contributed by atoms with Gasteiger partial charge in [0.15, 0.2) is 0 Å². The summed E-state index contributed by atoms with van der Waals surface area (Å²) in [4.78, 5) is 0. The van der Waals surface area contributed by atoms with Gasteiger partial charge in [-0.15, -0.1) is 0 Å². The SMILES string of the molecule is COC1CCCC(OCCCC(=N)N)C1. The van der Waals surface area contributed by atoms with Crippen LogP contribution in [0.25, 0.3) is 0 Å². The number of methoxy groups -OCH3 is 1. The van der Waals surface area contributed by atoms with Gasteiger partial charge in [-0.3, -0.25) is 5.41 Å². The van der Waals surface area contributed by atoms with E-state index in [0.717, 1.165) is 25.7 Å². The molecule has 0 saturated heterocycles. The van der Waals surface area contributed by atoms with Crippen molar-refractivity contribution in [3.63, 3.8) is 0 Å². The van der Waals surface area contributed by atoms with Crippen LogP contribution in [0.3, 0.4) is 0 Å².